The van der Waals surface area contributed by atoms with Gasteiger partial charge in [-0.25, -0.2) is 0 Å². The molecule has 3 amide bonds. The van der Waals surface area contributed by atoms with E-state index in [4.69, 9.17) is 4.74 Å². The Morgan fingerprint density at radius 3 is 2.05 bits per heavy atom. The van der Waals surface area contributed by atoms with Crippen molar-refractivity contribution in [2.45, 2.75) is 32.1 Å². The minimum Gasteiger partial charge on any atom is -0.495 e. The van der Waals surface area contributed by atoms with Crippen molar-refractivity contribution in [2.24, 2.45) is 0 Å². The Kier molecular flexibility index (Phi) is 9.49. The summed E-state index contributed by atoms with van der Waals surface area (Å²) in [5.41, 5.74) is 1.39. The first-order valence-electron chi connectivity index (χ1n) is 13.4. The Balaban J connectivity index is 1.55. The molecule has 0 aliphatic rings. The fourth-order valence-corrected chi connectivity index (χ4v) is 4.43. The molecule has 4 rings (SSSR count). The second kappa shape index (κ2) is 13.2. The van der Waals surface area contributed by atoms with Gasteiger partial charge >= 0.3 is 6.18 Å². The summed E-state index contributed by atoms with van der Waals surface area (Å²) in [5.74, 6) is -1.23. The van der Waals surface area contributed by atoms with Crippen LogP contribution in [0.15, 0.2) is 97.1 Å². The summed E-state index contributed by atoms with van der Waals surface area (Å²) in [6.07, 6.45) is -4.47. The van der Waals surface area contributed by atoms with Crippen molar-refractivity contribution in [3.05, 3.63) is 119 Å². The van der Waals surface area contributed by atoms with E-state index in [0.717, 1.165) is 12.1 Å². The molecule has 43 heavy (non-hydrogen) atoms. The predicted molar refractivity (Wildman–Crippen MR) is 158 cm³/mol. The molecule has 4 aromatic carbocycles. The zero-order chi connectivity index (χ0) is 31.1. The van der Waals surface area contributed by atoms with Crippen LogP contribution in [-0.4, -0.2) is 30.9 Å². The second-order valence-corrected chi connectivity index (χ2v) is 9.97. The van der Waals surface area contributed by atoms with E-state index in [0.29, 0.717) is 16.7 Å². The fourth-order valence-electron chi connectivity index (χ4n) is 4.43. The number of nitrogens with one attached hydrogen (secondary N) is 3. The van der Waals surface area contributed by atoms with Crippen LogP contribution in [0, 0.1) is 0 Å². The summed E-state index contributed by atoms with van der Waals surface area (Å²) in [6, 6.07) is 23.3. The summed E-state index contributed by atoms with van der Waals surface area (Å²) >= 11 is 0. The van der Waals surface area contributed by atoms with Crippen molar-refractivity contribution in [2.75, 3.05) is 12.4 Å². The van der Waals surface area contributed by atoms with Gasteiger partial charge in [0.15, 0.2) is 0 Å². The Morgan fingerprint density at radius 2 is 1.42 bits per heavy atom. The predicted octanol–water partition coefficient (Wildman–Crippen LogP) is 6.63. The van der Waals surface area contributed by atoms with Crippen molar-refractivity contribution >= 4 is 23.4 Å². The molecule has 0 saturated heterocycles. The Bertz CT molecular complexity index is 1600. The summed E-state index contributed by atoms with van der Waals surface area (Å²) in [4.78, 5) is 39.4. The number of hydrogen-bond acceptors (Lipinski definition) is 4. The highest BCUT2D eigenvalue weighted by Crippen LogP contribution is 2.33. The molecule has 0 aliphatic heterocycles. The number of carbonyl (C=O) groups is 3. The third-order valence-corrected chi connectivity index (χ3v) is 6.51. The van der Waals surface area contributed by atoms with Crippen molar-refractivity contribution in [3.63, 3.8) is 0 Å². The Hall–Kier alpha value is -5.12. The van der Waals surface area contributed by atoms with Crippen LogP contribution in [0.4, 0.5) is 18.9 Å². The van der Waals surface area contributed by atoms with Gasteiger partial charge in [-0.2, -0.15) is 13.2 Å². The molecule has 0 spiro atoms. The fraction of sp³-hybridized carbons (Fsp3) is 0.182. The number of ether oxygens (including phenoxy) is 1. The molecule has 1 unspecified atom stereocenters. The van der Waals surface area contributed by atoms with Crippen molar-refractivity contribution in [1.82, 2.24) is 10.6 Å². The molecule has 7 nitrogen and oxygen atoms in total. The first-order chi connectivity index (χ1) is 20.5. The maximum Gasteiger partial charge on any atom is 0.416 e. The SMILES string of the molecule is COc1cc(C(=O)NC(C(=O)NC(C)C)c2ccccc2)ccc1NC(=O)c1ccccc1-c1ccc(C(F)(F)F)cc1. The number of halogens is 3. The molecular weight excluding hydrogens is 559 g/mol. The van der Waals surface area contributed by atoms with Gasteiger partial charge in [-0.15, -0.1) is 0 Å². The van der Waals surface area contributed by atoms with Gasteiger partial charge in [0.2, 0.25) is 5.91 Å². The minimum absolute atomic E-state index is 0.136. The zero-order valence-corrected chi connectivity index (χ0v) is 23.7. The number of rotatable bonds is 9. The minimum atomic E-state index is -4.47. The molecule has 10 heteroatoms. The standard InChI is InChI=1S/C33H30F3N3O4/c1-20(2)37-32(42)29(22-9-5-4-6-10-22)39-30(40)23-15-18-27(28(19-23)43-3)38-31(41)26-12-8-7-11-25(26)21-13-16-24(17-14-21)33(34,35)36/h4-20,29H,1-3H3,(H,37,42)(H,38,41)(H,39,40). The largest absolute Gasteiger partial charge is 0.495 e. The number of alkyl halides is 3. The van der Waals surface area contributed by atoms with Crippen LogP contribution in [0.2, 0.25) is 0 Å². The highest BCUT2D eigenvalue weighted by atomic mass is 19.4. The number of methoxy groups -OCH3 is 1. The van der Waals surface area contributed by atoms with Gasteiger partial charge in [-0.1, -0.05) is 60.7 Å². The van der Waals surface area contributed by atoms with E-state index in [2.05, 4.69) is 16.0 Å². The van der Waals surface area contributed by atoms with E-state index in [1.165, 1.54) is 37.4 Å². The number of hydrogen-bond donors (Lipinski definition) is 3. The number of anilines is 1. The highest BCUT2D eigenvalue weighted by Gasteiger charge is 2.30. The molecule has 4 aromatic rings. The lowest BCUT2D eigenvalue weighted by atomic mass is 9.98. The lowest BCUT2D eigenvalue weighted by Gasteiger charge is -2.21. The second-order valence-electron chi connectivity index (χ2n) is 9.97. The van der Waals surface area contributed by atoms with Gasteiger partial charge in [-0.05, 0) is 66.9 Å². The van der Waals surface area contributed by atoms with Gasteiger partial charge in [-0.3, -0.25) is 14.4 Å². The van der Waals surface area contributed by atoms with Gasteiger partial charge in [0.1, 0.15) is 11.8 Å². The van der Waals surface area contributed by atoms with Crippen molar-refractivity contribution in [3.8, 4) is 16.9 Å². The average molecular weight is 590 g/mol. The first kappa shape index (κ1) is 30.8. The van der Waals surface area contributed by atoms with E-state index in [-0.39, 0.29) is 34.5 Å². The molecule has 3 N–H and O–H groups in total. The summed E-state index contributed by atoms with van der Waals surface area (Å²) in [7, 11) is 1.38. The lowest BCUT2D eigenvalue weighted by Crippen LogP contribution is -2.42. The van der Waals surface area contributed by atoms with Gasteiger partial charge in [0.25, 0.3) is 11.8 Å². The van der Waals surface area contributed by atoms with Crippen LogP contribution in [-0.2, 0) is 11.0 Å². The van der Waals surface area contributed by atoms with E-state index in [1.54, 1.807) is 48.5 Å². The third kappa shape index (κ3) is 7.59. The normalized spacial score (nSPS) is 11.9. The summed E-state index contributed by atoms with van der Waals surface area (Å²) in [6.45, 7) is 3.64. The molecule has 0 fully saturated rings. The molecular formula is C33H30F3N3O4. The lowest BCUT2D eigenvalue weighted by molar-refractivity contribution is -0.137. The topological polar surface area (TPSA) is 96.5 Å². The first-order valence-corrected chi connectivity index (χ1v) is 13.4. The number of carbonyl (C=O) groups excluding carboxylic acids is 3. The van der Waals surface area contributed by atoms with E-state index in [1.807, 2.05) is 19.9 Å². The van der Waals surface area contributed by atoms with Crippen molar-refractivity contribution < 1.29 is 32.3 Å². The molecule has 0 saturated carbocycles. The van der Waals surface area contributed by atoms with Gasteiger partial charge in [0, 0.05) is 17.2 Å². The molecule has 0 aromatic heterocycles. The average Bonchev–Trinajstić information content (AvgIpc) is 2.99. The van der Waals surface area contributed by atoms with Crippen LogP contribution in [0.3, 0.4) is 0 Å². The molecule has 0 aliphatic carbocycles. The maximum atomic E-state index is 13.3. The van der Waals surface area contributed by atoms with E-state index >= 15 is 0 Å². The third-order valence-electron chi connectivity index (χ3n) is 6.51. The van der Waals surface area contributed by atoms with E-state index < -0.39 is 29.6 Å². The smallest absolute Gasteiger partial charge is 0.416 e. The summed E-state index contributed by atoms with van der Waals surface area (Å²) in [5, 5.41) is 8.34. The zero-order valence-electron chi connectivity index (χ0n) is 23.7. The maximum absolute atomic E-state index is 13.3. The monoisotopic (exact) mass is 589 g/mol. The highest BCUT2D eigenvalue weighted by molar-refractivity contribution is 6.09. The Morgan fingerprint density at radius 1 is 0.767 bits per heavy atom. The van der Waals surface area contributed by atoms with Gasteiger partial charge < -0.3 is 20.7 Å². The summed E-state index contributed by atoms with van der Waals surface area (Å²) < 4.78 is 44.5. The van der Waals surface area contributed by atoms with Crippen LogP contribution >= 0.6 is 0 Å². The molecule has 222 valence electrons. The van der Waals surface area contributed by atoms with Crippen LogP contribution < -0.4 is 20.7 Å². The van der Waals surface area contributed by atoms with E-state index in [9.17, 15) is 27.6 Å². The van der Waals surface area contributed by atoms with Crippen LogP contribution in [0.25, 0.3) is 11.1 Å². The van der Waals surface area contributed by atoms with Crippen LogP contribution in [0.1, 0.15) is 51.7 Å². The quantitative estimate of drug-likeness (QED) is 0.204. The Labute approximate surface area is 247 Å². The number of amides is 3. The number of benzene rings is 4. The molecule has 1 atom stereocenters. The van der Waals surface area contributed by atoms with Crippen molar-refractivity contribution in [1.29, 1.82) is 0 Å². The van der Waals surface area contributed by atoms with Crippen LogP contribution in [0.5, 0.6) is 5.75 Å². The molecule has 0 bridgehead atoms. The van der Waals surface area contributed by atoms with Gasteiger partial charge in [0.05, 0.1) is 18.4 Å². The molecule has 0 heterocycles. The molecule has 0 radical (unpaired) electrons.